The summed E-state index contributed by atoms with van der Waals surface area (Å²) in [7, 11) is -3.77. The number of aryl methyl sites for hydroxylation is 4. The van der Waals surface area contributed by atoms with Gasteiger partial charge >= 0.3 is 0 Å². The molecule has 0 bridgehead atoms. The first-order valence-corrected chi connectivity index (χ1v) is 12.8. The van der Waals surface area contributed by atoms with Crippen LogP contribution in [-0.4, -0.2) is 23.7 Å². The predicted molar refractivity (Wildman–Crippen MR) is 130 cm³/mol. The second-order valence-electron chi connectivity index (χ2n) is 9.23. The number of H-pyrrole nitrogens is 1. The van der Waals surface area contributed by atoms with Crippen LogP contribution < -0.4 is 5.56 Å². The predicted octanol–water partition coefficient (Wildman–Crippen LogP) is 5.29. The van der Waals surface area contributed by atoms with E-state index in [1.54, 1.807) is 4.31 Å². The number of hydrogen-bond donors (Lipinski definition) is 1. The maximum Gasteiger partial charge on any atom is 0.252 e. The fraction of sp³-hybridized carbons (Fsp3) is 0.423. The van der Waals surface area contributed by atoms with Gasteiger partial charge in [0, 0.05) is 18.2 Å². The van der Waals surface area contributed by atoms with Crippen molar-refractivity contribution in [2.75, 3.05) is 0 Å². The quantitative estimate of drug-likeness (QED) is 0.572. The zero-order valence-electron chi connectivity index (χ0n) is 19.4. The van der Waals surface area contributed by atoms with E-state index >= 15 is 0 Å². The molecule has 0 aliphatic heterocycles. The first kappa shape index (κ1) is 22.7. The summed E-state index contributed by atoms with van der Waals surface area (Å²) in [5, 5.41) is 0.920. The van der Waals surface area contributed by atoms with Crippen LogP contribution >= 0.6 is 0 Å². The summed E-state index contributed by atoms with van der Waals surface area (Å²) in [5.74, 6) is 0. The first-order valence-electron chi connectivity index (χ1n) is 11.4. The topological polar surface area (TPSA) is 70.2 Å². The molecule has 0 unspecified atom stereocenters. The van der Waals surface area contributed by atoms with Gasteiger partial charge in [-0.1, -0.05) is 55.2 Å². The Hall–Kier alpha value is -2.44. The number of nitrogens with one attached hydrogen (secondary N) is 1. The van der Waals surface area contributed by atoms with Crippen LogP contribution in [0.15, 0.2) is 46.1 Å². The number of aromatic nitrogens is 1. The number of rotatable bonds is 5. The van der Waals surface area contributed by atoms with Crippen LogP contribution in [0.5, 0.6) is 0 Å². The maximum atomic E-state index is 14.0. The van der Waals surface area contributed by atoms with Crippen LogP contribution in [0.3, 0.4) is 0 Å². The van der Waals surface area contributed by atoms with E-state index in [2.05, 4.69) is 4.98 Å². The van der Waals surface area contributed by atoms with Crippen molar-refractivity contribution in [1.82, 2.24) is 9.29 Å². The van der Waals surface area contributed by atoms with Gasteiger partial charge in [0.05, 0.1) is 10.4 Å². The third-order valence-electron chi connectivity index (χ3n) is 6.64. The lowest BCUT2D eigenvalue weighted by molar-refractivity contribution is 0.247. The molecular formula is C26H32N2O3S. The molecule has 5 nitrogen and oxygen atoms in total. The van der Waals surface area contributed by atoms with Gasteiger partial charge in [-0.15, -0.1) is 0 Å². The van der Waals surface area contributed by atoms with Crippen LogP contribution in [0.1, 0.15) is 59.9 Å². The highest BCUT2D eigenvalue weighted by atomic mass is 32.2. The molecule has 2 aromatic carbocycles. The molecule has 1 aromatic heterocycles. The second-order valence-corrected chi connectivity index (χ2v) is 11.1. The maximum absolute atomic E-state index is 14.0. The number of hydrogen-bond acceptors (Lipinski definition) is 3. The number of para-hydroxylation sites is 1. The fourth-order valence-corrected chi connectivity index (χ4v) is 7.26. The molecule has 1 saturated carbocycles. The SMILES string of the molecule is Cc1cc(C)c(S(=O)(=O)N(Cc2cc3cccc(C)c3[nH]c2=O)C2CCCCC2)c(C)c1. The third-order valence-corrected chi connectivity index (χ3v) is 8.85. The van der Waals surface area contributed by atoms with Gasteiger partial charge in [-0.25, -0.2) is 8.42 Å². The summed E-state index contributed by atoms with van der Waals surface area (Å²) < 4.78 is 29.7. The highest BCUT2D eigenvalue weighted by Gasteiger charge is 2.35. The number of benzene rings is 2. The smallest absolute Gasteiger partial charge is 0.252 e. The largest absolute Gasteiger partial charge is 0.321 e. The van der Waals surface area contributed by atoms with E-state index in [-0.39, 0.29) is 18.1 Å². The Morgan fingerprint density at radius 3 is 2.25 bits per heavy atom. The summed E-state index contributed by atoms with van der Waals surface area (Å²) in [6.45, 7) is 7.74. The van der Waals surface area contributed by atoms with E-state index in [9.17, 15) is 13.2 Å². The second kappa shape index (κ2) is 8.83. The fourth-order valence-electron chi connectivity index (χ4n) is 5.18. The average molecular weight is 453 g/mol. The van der Waals surface area contributed by atoms with Crippen molar-refractivity contribution in [3.05, 3.63) is 74.6 Å². The monoisotopic (exact) mass is 452 g/mol. The molecule has 0 amide bonds. The van der Waals surface area contributed by atoms with Gasteiger partial charge in [0.2, 0.25) is 10.0 Å². The van der Waals surface area contributed by atoms with Gasteiger partial charge in [0.15, 0.2) is 0 Å². The van der Waals surface area contributed by atoms with Crippen molar-refractivity contribution in [2.45, 2.75) is 77.3 Å². The average Bonchev–Trinajstić information content (AvgIpc) is 2.72. The van der Waals surface area contributed by atoms with Crippen molar-refractivity contribution in [3.63, 3.8) is 0 Å². The molecule has 1 N–H and O–H groups in total. The van der Waals surface area contributed by atoms with E-state index < -0.39 is 10.0 Å². The van der Waals surface area contributed by atoms with Gasteiger partial charge in [0.25, 0.3) is 5.56 Å². The summed E-state index contributed by atoms with van der Waals surface area (Å²) in [6, 6.07) is 11.5. The molecule has 1 aliphatic carbocycles. The Bertz CT molecular complexity index is 1300. The molecule has 170 valence electrons. The Kier molecular flexibility index (Phi) is 6.28. The molecule has 0 saturated heterocycles. The van der Waals surface area contributed by atoms with Gasteiger partial charge in [0.1, 0.15) is 0 Å². The van der Waals surface area contributed by atoms with E-state index in [1.807, 2.05) is 64.1 Å². The standard InChI is InChI=1S/C26H32N2O3S/c1-17-13-19(3)25(20(4)14-17)32(30,31)28(23-11-6-5-7-12-23)16-22-15-21-10-8-9-18(2)24(21)27-26(22)29/h8-10,13-15,23H,5-7,11-12,16H2,1-4H3,(H,27,29). The Morgan fingerprint density at radius 1 is 0.938 bits per heavy atom. The summed E-state index contributed by atoms with van der Waals surface area (Å²) in [6.07, 6.45) is 4.80. The minimum absolute atomic E-state index is 0.0823. The molecular weight excluding hydrogens is 420 g/mol. The molecule has 6 heteroatoms. The highest BCUT2D eigenvalue weighted by molar-refractivity contribution is 7.89. The van der Waals surface area contributed by atoms with Crippen LogP contribution in [0.4, 0.5) is 0 Å². The number of fused-ring (bicyclic) bond motifs is 1. The lowest BCUT2D eigenvalue weighted by Crippen LogP contribution is -2.42. The molecule has 0 radical (unpaired) electrons. The summed E-state index contributed by atoms with van der Waals surface area (Å²) >= 11 is 0. The van der Waals surface area contributed by atoms with Gasteiger partial charge in [-0.2, -0.15) is 4.31 Å². The molecule has 3 aromatic rings. The van der Waals surface area contributed by atoms with Gasteiger partial charge in [-0.3, -0.25) is 4.79 Å². The molecule has 1 heterocycles. The third kappa shape index (κ3) is 4.26. The number of aromatic amines is 1. The summed E-state index contributed by atoms with van der Waals surface area (Å²) in [4.78, 5) is 16.3. The normalized spacial score (nSPS) is 15.5. The van der Waals surface area contributed by atoms with Crippen LogP contribution in [-0.2, 0) is 16.6 Å². The molecule has 32 heavy (non-hydrogen) atoms. The molecule has 0 atom stereocenters. The van der Waals surface area contributed by atoms with E-state index in [4.69, 9.17) is 0 Å². The minimum atomic E-state index is -3.77. The Balaban J connectivity index is 1.83. The molecule has 1 fully saturated rings. The van der Waals surface area contributed by atoms with Crippen molar-refractivity contribution >= 4 is 20.9 Å². The van der Waals surface area contributed by atoms with Crippen LogP contribution in [0, 0.1) is 27.7 Å². The van der Waals surface area contributed by atoms with Gasteiger partial charge in [-0.05, 0) is 68.7 Å². The van der Waals surface area contributed by atoms with Crippen molar-refractivity contribution < 1.29 is 8.42 Å². The zero-order chi connectivity index (χ0) is 23.0. The minimum Gasteiger partial charge on any atom is -0.321 e. The molecule has 0 spiro atoms. The van der Waals surface area contributed by atoms with Crippen molar-refractivity contribution in [2.24, 2.45) is 0 Å². The highest BCUT2D eigenvalue weighted by Crippen LogP contribution is 2.32. The van der Waals surface area contributed by atoms with Crippen molar-refractivity contribution in [3.8, 4) is 0 Å². The van der Waals surface area contributed by atoms with Crippen LogP contribution in [0.2, 0.25) is 0 Å². The Labute approximate surface area is 190 Å². The lowest BCUT2D eigenvalue weighted by atomic mass is 9.95. The summed E-state index contributed by atoms with van der Waals surface area (Å²) in [5.41, 5.74) is 4.62. The number of pyridine rings is 1. The Morgan fingerprint density at radius 2 is 1.59 bits per heavy atom. The van der Waals surface area contributed by atoms with E-state index in [0.29, 0.717) is 10.5 Å². The zero-order valence-corrected chi connectivity index (χ0v) is 20.2. The van der Waals surface area contributed by atoms with E-state index in [0.717, 1.165) is 65.3 Å². The lowest BCUT2D eigenvalue weighted by Gasteiger charge is -2.34. The molecule has 4 rings (SSSR count). The number of sulfonamides is 1. The molecule has 1 aliphatic rings. The van der Waals surface area contributed by atoms with Gasteiger partial charge < -0.3 is 4.98 Å². The van der Waals surface area contributed by atoms with Crippen LogP contribution in [0.25, 0.3) is 10.9 Å². The van der Waals surface area contributed by atoms with E-state index in [1.165, 1.54) is 0 Å². The number of nitrogens with zero attached hydrogens (tertiary/aromatic N) is 1. The first-order chi connectivity index (χ1) is 15.2. The van der Waals surface area contributed by atoms with Crippen molar-refractivity contribution in [1.29, 1.82) is 0 Å².